The molecule has 2 amide bonds. The number of sulfonamides is 1. The fraction of sp³-hybridized carbons (Fsp3) is 0.310. The van der Waals surface area contributed by atoms with Gasteiger partial charge in [0.2, 0.25) is 11.8 Å². The van der Waals surface area contributed by atoms with Crippen LogP contribution < -0.4 is 23.8 Å². The summed E-state index contributed by atoms with van der Waals surface area (Å²) in [6, 6.07) is 14.3. The minimum Gasteiger partial charge on any atom is -0.494 e. The van der Waals surface area contributed by atoms with Gasteiger partial charge in [-0.1, -0.05) is 29.3 Å². The number of carbonyl (C=O) groups excluding carboxylic acids is 2. The van der Waals surface area contributed by atoms with E-state index in [1.54, 1.807) is 30.3 Å². The molecule has 0 aromatic heterocycles. The number of methoxy groups -OCH3 is 2. The van der Waals surface area contributed by atoms with Crippen LogP contribution in [0.15, 0.2) is 65.6 Å². The molecule has 0 bridgehead atoms. The van der Waals surface area contributed by atoms with Crippen molar-refractivity contribution in [2.45, 2.75) is 31.3 Å². The maximum absolute atomic E-state index is 14.1. The molecule has 1 atom stereocenters. The molecule has 0 saturated carbocycles. The van der Waals surface area contributed by atoms with Crippen LogP contribution in [0, 0.1) is 0 Å². The van der Waals surface area contributed by atoms with E-state index in [4.69, 9.17) is 37.4 Å². The molecule has 3 aromatic carbocycles. The number of ether oxygens (including phenoxy) is 3. The van der Waals surface area contributed by atoms with Crippen LogP contribution in [0.4, 0.5) is 5.69 Å². The first-order valence-corrected chi connectivity index (χ1v) is 15.1. The number of halogens is 2. The molecule has 3 rings (SSSR count). The SMILES string of the molecule is CCOc1ccc(N(CC(=O)N(Cc2c(Cl)cccc2Cl)[C@@H](C)C(=O)NC)S(=O)(=O)c2ccc(OC)c(OC)c2)cc1. The first kappa shape index (κ1) is 32.8. The van der Waals surface area contributed by atoms with Gasteiger partial charge in [-0.3, -0.25) is 13.9 Å². The molecule has 0 saturated heterocycles. The summed E-state index contributed by atoms with van der Waals surface area (Å²) in [5, 5.41) is 3.12. The summed E-state index contributed by atoms with van der Waals surface area (Å²) in [6.45, 7) is 3.00. The van der Waals surface area contributed by atoms with Crippen LogP contribution >= 0.6 is 23.2 Å². The van der Waals surface area contributed by atoms with Crippen molar-refractivity contribution in [1.82, 2.24) is 10.2 Å². The monoisotopic (exact) mass is 637 g/mol. The molecule has 226 valence electrons. The largest absolute Gasteiger partial charge is 0.494 e. The lowest BCUT2D eigenvalue weighted by Gasteiger charge is -2.32. The highest BCUT2D eigenvalue weighted by molar-refractivity contribution is 7.92. The predicted molar refractivity (Wildman–Crippen MR) is 162 cm³/mol. The Morgan fingerprint density at radius 2 is 1.57 bits per heavy atom. The van der Waals surface area contributed by atoms with Crippen molar-refractivity contribution in [3.8, 4) is 17.2 Å². The molecule has 0 fully saturated rings. The van der Waals surface area contributed by atoms with Gasteiger partial charge in [0.25, 0.3) is 10.0 Å². The van der Waals surface area contributed by atoms with Crippen LogP contribution in [0.5, 0.6) is 17.2 Å². The Balaban J connectivity index is 2.11. The van der Waals surface area contributed by atoms with Gasteiger partial charge >= 0.3 is 0 Å². The van der Waals surface area contributed by atoms with Crippen LogP contribution in [-0.2, 0) is 26.2 Å². The molecule has 3 aromatic rings. The van der Waals surface area contributed by atoms with E-state index in [1.165, 1.54) is 63.4 Å². The second-order valence-electron chi connectivity index (χ2n) is 8.97. The first-order valence-electron chi connectivity index (χ1n) is 12.9. The number of anilines is 1. The zero-order chi connectivity index (χ0) is 31.0. The fourth-order valence-electron chi connectivity index (χ4n) is 4.15. The fourth-order valence-corrected chi connectivity index (χ4v) is 6.10. The van der Waals surface area contributed by atoms with Gasteiger partial charge in [0, 0.05) is 35.3 Å². The number of likely N-dealkylation sites (N-methyl/N-ethyl adjacent to an activating group) is 1. The maximum atomic E-state index is 14.1. The summed E-state index contributed by atoms with van der Waals surface area (Å²) in [6.07, 6.45) is 0. The third kappa shape index (κ3) is 7.39. The molecule has 0 aliphatic rings. The van der Waals surface area contributed by atoms with E-state index in [1.807, 2.05) is 6.92 Å². The summed E-state index contributed by atoms with van der Waals surface area (Å²) in [5.74, 6) is -0.0664. The van der Waals surface area contributed by atoms with Crippen LogP contribution in [-0.4, -0.2) is 65.6 Å². The second-order valence-corrected chi connectivity index (χ2v) is 11.6. The highest BCUT2D eigenvalue weighted by atomic mass is 35.5. The van der Waals surface area contributed by atoms with Gasteiger partial charge in [0.15, 0.2) is 11.5 Å². The Labute approximate surface area is 256 Å². The Morgan fingerprint density at radius 1 is 0.952 bits per heavy atom. The average molecular weight is 639 g/mol. The summed E-state index contributed by atoms with van der Waals surface area (Å²) in [7, 11) is -0.0835. The number of nitrogens with one attached hydrogen (secondary N) is 1. The molecule has 0 radical (unpaired) electrons. The average Bonchev–Trinajstić information content (AvgIpc) is 2.99. The Kier molecular flexibility index (Phi) is 11.3. The van der Waals surface area contributed by atoms with Gasteiger partial charge in [0.05, 0.1) is 31.4 Å². The number of amides is 2. The van der Waals surface area contributed by atoms with Gasteiger partial charge in [-0.25, -0.2) is 8.42 Å². The van der Waals surface area contributed by atoms with Crippen molar-refractivity contribution in [3.05, 3.63) is 76.3 Å². The van der Waals surface area contributed by atoms with Crippen molar-refractivity contribution < 1.29 is 32.2 Å². The van der Waals surface area contributed by atoms with Gasteiger partial charge in [0.1, 0.15) is 18.3 Å². The molecule has 0 heterocycles. The molecule has 10 nitrogen and oxygen atoms in total. The molecule has 0 aliphatic carbocycles. The molecule has 13 heteroatoms. The smallest absolute Gasteiger partial charge is 0.264 e. The topological polar surface area (TPSA) is 114 Å². The van der Waals surface area contributed by atoms with Crippen molar-refractivity contribution in [2.75, 3.05) is 38.7 Å². The van der Waals surface area contributed by atoms with E-state index in [9.17, 15) is 18.0 Å². The number of rotatable bonds is 13. The van der Waals surface area contributed by atoms with Crippen LogP contribution in [0.2, 0.25) is 10.0 Å². The second kappa shape index (κ2) is 14.5. The normalized spacial score (nSPS) is 11.8. The summed E-state index contributed by atoms with van der Waals surface area (Å²) in [4.78, 5) is 27.7. The standard InChI is InChI=1S/C29H33Cl2N3O7S/c1-6-41-21-12-10-20(11-13-21)34(42(37,38)22-14-15-26(39-4)27(16-22)40-5)18-28(35)33(19(2)29(36)32-3)17-23-24(30)8-7-9-25(23)31/h7-16,19H,6,17-18H2,1-5H3,(H,32,36)/t19-/m0/s1. The summed E-state index contributed by atoms with van der Waals surface area (Å²) >= 11 is 12.8. The highest BCUT2D eigenvalue weighted by Crippen LogP contribution is 2.33. The van der Waals surface area contributed by atoms with E-state index in [2.05, 4.69) is 5.32 Å². The Hall–Kier alpha value is -3.67. The third-order valence-corrected chi connectivity index (χ3v) is 8.94. The Bertz CT molecular complexity index is 1500. The lowest BCUT2D eigenvalue weighted by atomic mass is 10.1. The number of hydrogen-bond acceptors (Lipinski definition) is 7. The number of hydrogen-bond donors (Lipinski definition) is 1. The lowest BCUT2D eigenvalue weighted by molar-refractivity contribution is -0.139. The number of carbonyl (C=O) groups is 2. The quantitative estimate of drug-likeness (QED) is 0.287. The molecule has 42 heavy (non-hydrogen) atoms. The maximum Gasteiger partial charge on any atom is 0.264 e. The zero-order valence-corrected chi connectivity index (χ0v) is 26.2. The first-order chi connectivity index (χ1) is 20.0. The predicted octanol–water partition coefficient (Wildman–Crippen LogP) is 4.77. The van der Waals surface area contributed by atoms with Gasteiger partial charge < -0.3 is 24.4 Å². The number of nitrogens with zero attached hydrogens (tertiary/aromatic N) is 2. The zero-order valence-electron chi connectivity index (χ0n) is 23.9. The molecular formula is C29H33Cl2N3O7S. The molecule has 0 aliphatic heterocycles. The highest BCUT2D eigenvalue weighted by Gasteiger charge is 2.33. The Morgan fingerprint density at radius 3 is 2.12 bits per heavy atom. The minimum atomic E-state index is -4.35. The van der Waals surface area contributed by atoms with Crippen LogP contribution in [0.1, 0.15) is 19.4 Å². The van der Waals surface area contributed by atoms with E-state index < -0.39 is 34.4 Å². The van der Waals surface area contributed by atoms with Crippen molar-refractivity contribution >= 4 is 50.7 Å². The van der Waals surface area contributed by atoms with Gasteiger partial charge in [-0.2, -0.15) is 0 Å². The molecule has 0 unspecified atom stereocenters. The van der Waals surface area contributed by atoms with Crippen molar-refractivity contribution in [3.63, 3.8) is 0 Å². The van der Waals surface area contributed by atoms with Crippen LogP contribution in [0.25, 0.3) is 0 Å². The lowest BCUT2D eigenvalue weighted by Crippen LogP contribution is -2.50. The summed E-state index contributed by atoms with van der Waals surface area (Å²) < 4.78 is 45.2. The van der Waals surface area contributed by atoms with Gasteiger partial charge in [-0.15, -0.1) is 0 Å². The third-order valence-electron chi connectivity index (χ3n) is 6.46. The van der Waals surface area contributed by atoms with E-state index in [0.717, 1.165) is 4.31 Å². The van der Waals surface area contributed by atoms with E-state index in [-0.39, 0.29) is 22.9 Å². The number of benzene rings is 3. The molecule has 1 N–H and O–H groups in total. The van der Waals surface area contributed by atoms with E-state index in [0.29, 0.717) is 33.7 Å². The van der Waals surface area contributed by atoms with Crippen LogP contribution in [0.3, 0.4) is 0 Å². The minimum absolute atomic E-state index is 0.137. The van der Waals surface area contributed by atoms with E-state index >= 15 is 0 Å². The van der Waals surface area contributed by atoms with Crippen molar-refractivity contribution in [1.29, 1.82) is 0 Å². The molecule has 0 spiro atoms. The summed E-state index contributed by atoms with van der Waals surface area (Å²) in [5.41, 5.74) is 0.616. The van der Waals surface area contributed by atoms with Gasteiger partial charge in [-0.05, 0) is 62.4 Å². The van der Waals surface area contributed by atoms with Crippen molar-refractivity contribution in [2.24, 2.45) is 0 Å². The molecular weight excluding hydrogens is 605 g/mol.